The molecule has 0 spiro atoms. The van der Waals surface area contributed by atoms with Crippen molar-refractivity contribution in [1.29, 1.82) is 0 Å². The monoisotopic (exact) mass is 300 g/mol. The lowest BCUT2D eigenvalue weighted by molar-refractivity contribution is 0.0594. The van der Waals surface area contributed by atoms with E-state index in [9.17, 15) is 13.6 Å². The van der Waals surface area contributed by atoms with Crippen molar-refractivity contribution in [3.63, 3.8) is 0 Å². The molecule has 0 saturated carbocycles. The van der Waals surface area contributed by atoms with Gasteiger partial charge in [-0.2, -0.15) is 0 Å². The molecular formula is C15H22F2N2O2. The fourth-order valence-electron chi connectivity index (χ4n) is 2.33. The summed E-state index contributed by atoms with van der Waals surface area (Å²) in [4.78, 5) is 11.3. The minimum Gasteiger partial charge on any atom is -0.465 e. The van der Waals surface area contributed by atoms with E-state index in [1.165, 1.54) is 12.1 Å². The summed E-state index contributed by atoms with van der Waals surface area (Å²) in [6, 6.07) is 2.51. The second-order valence-electron chi connectivity index (χ2n) is 5.77. The Bertz CT molecular complexity index is 521. The van der Waals surface area contributed by atoms with Crippen LogP contribution in [0.1, 0.15) is 37.6 Å². The van der Waals surface area contributed by atoms with Gasteiger partial charge in [0, 0.05) is 12.1 Å². The van der Waals surface area contributed by atoms with E-state index in [0.29, 0.717) is 12.3 Å². The third-order valence-electron chi connectivity index (χ3n) is 3.23. The SMILES string of the molecule is COC(=O)c1ccc(NC(C)(CN)CC(C)C)c(F)c1F. The zero-order valence-corrected chi connectivity index (χ0v) is 12.8. The second-order valence-corrected chi connectivity index (χ2v) is 5.77. The molecule has 4 nitrogen and oxygen atoms in total. The maximum atomic E-state index is 14.1. The largest absolute Gasteiger partial charge is 0.465 e. The van der Waals surface area contributed by atoms with Gasteiger partial charge in [0.05, 0.1) is 18.4 Å². The van der Waals surface area contributed by atoms with Crippen LogP contribution in [0.5, 0.6) is 0 Å². The highest BCUT2D eigenvalue weighted by Crippen LogP contribution is 2.26. The predicted molar refractivity (Wildman–Crippen MR) is 78.2 cm³/mol. The van der Waals surface area contributed by atoms with Crippen LogP contribution < -0.4 is 11.1 Å². The normalized spacial score (nSPS) is 13.9. The van der Waals surface area contributed by atoms with Crippen molar-refractivity contribution in [1.82, 2.24) is 0 Å². The number of benzene rings is 1. The number of carbonyl (C=O) groups excluding carboxylic acids is 1. The van der Waals surface area contributed by atoms with E-state index < -0.39 is 28.7 Å². The zero-order chi connectivity index (χ0) is 16.2. The van der Waals surface area contributed by atoms with Crippen molar-refractivity contribution < 1.29 is 18.3 Å². The van der Waals surface area contributed by atoms with Crippen molar-refractivity contribution in [2.24, 2.45) is 11.7 Å². The molecule has 0 aliphatic carbocycles. The van der Waals surface area contributed by atoms with Crippen LogP contribution >= 0.6 is 0 Å². The first-order valence-corrected chi connectivity index (χ1v) is 6.78. The molecule has 0 amide bonds. The van der Waals surface area contributed by atoms with E-state index in [1.54, 1.807) is 0 Å². The molecule has 1 unspecified atom stereocenters. The molecule has 21 heavy (non-hydrogen) atoms. The number of nitrogens with two attached hydrogens (primary N) is 1. The summed E-state index contributed by atoms with van der Waals surface area (Å²) in [6.45, 7) is 6.16. The van der Waals surface area contributed by atoms with Crippen molar-refractivity contribution in [2.45, 2.75) is 32.7 Å². The third-order valence-corrected chi connectivity index (χ3v) is 3.23. The fourth-order valence-corrected chi connectivity index (χ4v) is 2.33. The van der Waals surface area contributed by atoms with E-state index in [2.05, 4.69) is 10.1 Å². The summed E-state index contributed by atoms with van der Waals surface area (Å²) in [5.41, 5.74) is 4.73. The molecule has 0 radical (unpaired) electrons. The molecule has 0 aromatic heterocycles. The van der Waals surface area contributed by atoms with Gasteiger partial charge in [0.1, 0.15) is 0 Å². The van der Waals surface area contributed by atoms with Gasteiger partial charge in [0.15, 0.2) is 11.6 Å². The minimum absolute atomic E-state index is 0.0197. The lowest BCUT2D eigenvalue weighted by Gasteiger charge is -2.32. The van der Waals surface area contributed by atoms with Gasteiger partial charge < -0.3 is 15.8 Å². The quantitative estimate of drug-likeness (QED) is 0.793. The van der Waals surface area contributed by atoms with Gasteiger partial charge in [0.25, 0.3) is 0 Å². The number of ether oxygens (including phenoxy) is 1. The van der Waals surface area contributed by atoms with Crippen LogP contribution in [0.3, 0.4) is 0 Å². The molecule has 0 aliphatic heterocycles. The number of anilines is 1. The number of hydrogen-bond acceptors (Lipinski definition) is 4. The van der Waals surface area contributed by atoms with Gasteiger partial charge in [-0.25, -0.2) is 13.6 Å². The van der Waals surface area contributed by atoms with Crippen LogP contribution in [0.4, 0.5) is 14.5 Å². The minimum atomic E-state index is -1.23. The molecule has 1 rings (SSSR count). The molecule has 1 atom stereocenters. The van der Waals surface area contributed by atoms with Crippen LogP contribution in [0.25, 0.3) is 0 Å². The van der Waals surface area contributed by atoms with E-state index in [0.717, 1.165) is 7.11 Å². The molecule has 1 aromatic carbocycles. The summed E-state index contributed by atoms with van der Waals surface area (Å²) >= 11 is 0. The first-order valence-electron chi connectivity index (χ1n) is 6.78. The number of halogens is 2. The van der Waals surface area contributed by atoms with Crippen LogP contribution in [0.15, 0.2) is 12.1 Å². The summed E-state index contributed by atoms with van der Waals surface area (Å²) in [6.07, 6.45) is 0.698. The van der Waals surface area contributed by atoms with Gasteiger partial charge in [-0.3, -0.25) is 0 Å². The Morgan fingerprint density at radius 2 is 2.00 bits per heavy atom. The highest BCUT2D eigenvalue weighted by Gasteiger charge is 2.27. The summed E-state index contributed by atoms with van der Waals surface area (Å²) in [5, 5.41) is 2.94. The first-order chi connectivity index (χ1) is 9.74. The van der Waals surface area contributed by atoms with Crippen LogP contribution in [-0.4, -0.2) is 25.2 Å². The number of hydrogen-bond donors (Lipinski definition) is 2. The number of carbonyl (C=O) groups is 1. The summed E-state index contributed by atoms with van der Waals surface area (Å²) < 4.78 is 32.4. The number of methoxy groups -OCH3 is 1. The maximum Gasteiger partial charge on any atom is 0.340 e. The number of rotatable bonds is 6. The molecule has 0 fully saturated rings. The van der Waals surface area contributed by atoms with Crippen LogP contribution in [0, 0.1) is 17.6 Å². The Balaban J connectivity index is 3.10. The van der Waals surface area contributed by atoms with E-state index >= 15 is 0 Å². The topological polar surface area (TPSA) is 64.3 Å². The molecular weight excluding hydrogens is 278 g/mol. The Labute approximate surface area is 123 Å². The van der Waals surface area contributed by atoms with Gasteiger partial charge in [0.2, 0.25) is 0 Å². The van der Waals surface area contributed by atoms with E-state index in [1.807, 2.05) is 20.8 Å². The van der Waals surface area contributed by atoms with Crippen LogP contribution in [0.2, 0.25) is 0 Å². The lowest BCUT2D eigenvalue weighted by Crippen LogP contribution is -2.44. The van der Waals surface area contributed by atoms with Gasteiger partial charge in [-0.1, -0.05) is 13.8 Å². The Morgan fingerprint density at radius 3 is 2.48 bits per heavy atom. The smallest absolute Gasteiger partial charge is 0.340 e. The molecule has 118 valence electrons. The standard InChI is InChI=1S/C15H22F2N2O2/c1-9(2)7-15(3,8-18)19-11-6-5-10(14(20)21-4)12(16)13(11)17/h5-6,9,19H,7-8,18H2,1-4H3. The Morgan fingerprint density at radius 1 is 1.38 bits per heavy atom. The van der Waals surface area contributed by atoms with Crippen molar-refractivity contribution in [3.05, 3.63) is 29.3 Å². The van der Waals surface area contributed by atoms with Gasteiger partial charge in [-0.15, -0.1) is 0 Å². The molecule has 3 N–H and O–H groups in total. The highest BCUT2D eigenvalue weighted by molar-refractivity contribution is 5.90. The maximum absolute atomic E-state index is 14.1. The predicted octanol–water partition coefficient (Wildman–Crippen LogP) is 2.93. The molecule has 6 heteroatoms. The highest BCUT2D eigenvalue weighted by atomic mass is 19.2. The Kier molecular flexibility index (Phi) is 5.66. The van der Waals surface area contributed by atoms with E-state index in [4.69, 9.17) is 5.73 Å². The number of esters is 1. The average Bonchev–Trinajstić information content (AvgIpc) is 2.42. The lowest BCUT2D eigenvalue weighted by atomic mass is 9.90. The first kappa shape index (κ1) is 17.4. The molecule has 0 heterocycles. The molecule has 0 saturated heterocycles. The Hall–Kier alpha value is -1.69. The molecule has 0 bridgehead atoms. The molecule has 1 aromatic rings. The van der Waals surface area contributed by atoms with E-state index in [-0.39, 0.29) is 12.2 Å². The van der Waals surface area contributed by atoms with Crippen molar-refractivity contribution in [2.75, 3.05) is 19.0 Å². The van der Waals surface area contributed by atoms with Gasteiger partial charge in [-0.05, 0) is 31.4 Å². The second kappa shape index (κ2) is 6.85. The van der Waals surface area contributed by atoms with Crippen LogP contribution in [-0.2, 0) is 4.74 Å². The zero-order valence-electron chi connectivity index (χ0n) is 12.8. The fraction of sp³-hybridized carbons (Fsp3) is 0.533. The van der Waals surface area contributed by atoms with Gasteiger partial charge >= 0.3 is 5.97 Å². The summed E-state index contributed by atoms with van der Waals surface area (Å²) in [5.74, 6) is -2.91. The van der Waals surface area contributed by atoms with Crippen molar-refractivity contribution >= 4 is 11.7 Å². The third kappa shape index (κ3) is 4.14. The molecule has 0 aliphatic rings. The number of nitrogens with one attached hydrogen (secondary N) is 1. The average molecular weight is 300 g/mol. The summed E-state index contributed by atoms with van der Waals surface area (Å²) in [7, 11) is 1.11. The van der Waals surface area contributed by atoms with Crippen molar-refractivity contribution in [3.8, 4) is 0 Å².